The van der Waals surface area contributed by atoms with Gasteiger partial charge in [0.25, 0.3) is 0 Å². The van der Waals surface area contributed by atoms with E-state index in [9.17, 15) is 8.42 Å². The zero-order valence-corrected chi connectivity index (χ0v) is 11.2. The van der Waals surface area contributed by atoms with Gasteiger partial charge in [0.05, 0.1) is 5.25 Å². The summed E-state index contributed by atoms with van der Waals surface area (Å²) in [4.78, 5) is 0. The first-order chi connectivity index (χ1) is 8.02. The Morgan fingerprint density at radius 1 is 1.24 bits per heavy atom. The molecule has 0 saturated carbocycles. The van der Waals surface area contributed by atoms with Gasteiger partial charge in [-0.2, -0.15) is 0 Å². The topological polar surface area (TPSA) is 67.4 Å². The Balaban J connectivity index is 2.00. The van der Waals surface area contributed by atoms with Crippen molar-refractivity contribution in [1.29, 1.82) is 0 Å². The number of ether oxygens (including phenoxy) is 1. The summed E-state index contributed by atoms with van der Waals surface area (Å²) in [5, 5.41) is 2.95. The van der Waals surface area contributed by atoms with Crippen LogP contribution in [-0.4, -0.2) is 45.5 Å². The van der Waals surface area contributed by atoms with Crippen LogP contribution in [0.25, 0.3) is 0 Å². The van der Waals surface area contributed by atoms with Gasteiger partial charge in [-0.15, -0.1) is 0 Å². The van der Waals surface area contributed by atoms with Crippen LogP contribution in [0, 0.1) is 0 Å². The van der Waals surface area contributed by atoms with Crippen LogP contribution in [0.15, 0.2) is 0 Å². The van der Waals surface area contributed by atoms with E-state index in [0.717, 1.165) is 25.9 Å². The number of nitrogens with one attached hydrogen (secondary N) is 2. The standard InChI is InChI=1S/C11H22N2O3S/c1-11(4-8-16-9-5-11)13-17(14,15)10-2-6-12-7-3-10/h10,12-13H,2-9H2,1H3. The average molecular weight is 262 g/mol. The first kappa shape index (κ1) is 13.3. The van der Waals surface area contributed by atoms with Crippen LogP contribution < -0.4 is 10.0 Å². The highest BCUT2D eigenvalue weighted by atomic mass is 32.2. The Morgan fingerprint density at radius 3 is 2.41 bits per heavy atom. The van der Waals surface area contributed by atoms with Gasteiger partial charge >= 0.3 is 0 Å². The largest absolute Gasteiger partial charge is 0.381 e. The lowest BCUT2D eigenvalue weighted by Gasteiger charge is -2.36. The van der Waals surface area contributed by atoms with E-state index in [0.29, 0.717) is 26.1 Å². The van der Waals surface area contributed by atoms with E-state index in [4.69, 9.17) is 4.74 Å². The van der Waals surface area contributed by atoms with Gasteiger partial charge in [0.2, 0.25) is 10.0 Å². The van der Waals surface area contributed by atoms with Crippen molar-refractivity contribution in [2.75, 3.05) is 26.3 Å². The van der Waals surface area contributed by atoms with Crippen molar-refractivity contribution in [3.05, 3.63) is 0 Å². The molecule has 2 aliphatic rings. The number of hydrogen-bond donors (Lipinski definition) is 2. The van der Waals surface area contributed by atoms with Crippen molar-refractivity contribution in [1.82, 2.24) is 10.0 Å². The van der Waals surface area contributed by atoms with Gasteiger partial charge in [-0.3, -0.25) is 0 Å². The normalized spacial score (nSPS) is 26.9. The summed E-state index contributed by atoms with van der Waals surface area (Å²) >= 11 is 0. The van der Waals surface area contributed by atoms with Crippen LogP contribution in [0.1, 0.15) is 32.6 Å². The quantitative estimate of drug-likeness (QED) is 0.764. The van der Waals surface area contributed by atoms with Crippen molar-refractivity contribution in [3.8, 4) is 0 Å². The Hall–Kier alpha value is -0.170. The molecule has 0 unspecified atom stereocenters. The van der Waals surface area contributed by atoms with Gasteiger partial charge in [0.1, 0.15) is 0 Å². The highest BCUT2D eigenvalue weighted by Crippen LogP contribution is 2.23. The van der Waals surface area contributed by atoms with Gasteiger partial charge in [0, 0.05) is 18.8 Å². The number of rotatable bonds is 3. The van der Waals surface area contributed by atoms with E-state index in [-0.39, 0.29) is 10.8 Å². The second kappa shape index (κ2) is 5.22. The summed E-state index contributed by atoms with van der Waals surface area (Å²) < 4.78 is 32.7. The van der Waals surface area contributed by atoms with Crippen molar-refractivity contribution >= 4 is 10.0 Å². The molecule has 100 valence electrons. The van der Waals surface area contributed by atoms with Gasteiger partial charge in [-0.1, -0.05) is 0 Å². The molecular formula is C11H22N2O3S. The number of sulfonamides is 1. The van der Waals surface area contributed by atoms with Crippen LogP contribution in [0.4, 0.5) is 0 Å². The van der Waals surface area contributed by atoms with Crippen molar-refractivity contribution in [2.45, 2.75) is 43.4 Å². The Kier molecular flexibility index (Phi) is 4.07. The second-order valence-corrected chi connectivity index (χ2v) is 7.23. The highest BCUT2D eigenvalue weighted by Gasteiger charge is 2.36. The monoisotopic (exact) mass is 262 g/mol. The fraction of sp³-hybridized carbons (Fsp3) is 1.00. The fourth-order valence-electron chi connectivity index (χ4n) is 2.46. The first-order valence-corrected chi connectivity index (χ1v) is 7.88. The third-order valence-corrected chi connectivity index (χ3v) is 5.84. The number of piperidine rings is 1. The van der Waals surface area contributed by atoms with Gasteiger partial charge in [-0.25, -0.2) is 13.1 Å². The highest BCUT2D eigenvalue weighted by molar-refractivity contribution is 7.90. The molecule has 6 heteroatoms. The molecule has 2 fully saturated rings. The molecule has 0 spiro atoms. The zero-order valence-electron chi connectivity index (χ0n) is 10.4. The van der Waals surface area contributed by atoms with Crippen LogP contribution in [0.2, 0.25) is 0 Å². The molecule has 2 rings (SSSR count). The molecule has 0 aromatic carbocycles. The summed E-state index contributed by atoms with van der Waals surface area (Å²) in [6.07, 6.45) is 2.94. The zero-order chi connectivity index (χ0) is 12.4. The predicted molar refractivity (Wildman–Crippen MR) is 66.4 cm³/mol. The van der Waals surface area contributed by atoms with Gasteiger partial charge in [-0.05, 0) is 45.7 Å². The summed E-state index contributed by atoms with van der Waals surface area (Å²) in [6, 6.07) is 0. The second-order valence-electron chi connectivity index (χ2n) is 5.27. The lowest BCUT2D eigenvalue weighted by atomic mass is 9.94. The van der Waals surface area contributed by atoms with Crippen molar-refractivity contribution in [3.63, 3.8) is 0 Å². The molecule has 0 radical (unpaired) electrons. The molecule has 17 heavy (non-hydrogen) atoms. The molecule has 0 atom stereocenters. The van der Waals surface area contributed by atoms with E-state index in [1.807, 2.05) is 6.92 Å². The van der Waals surface area contributed by atoms with Gasteiger partial charge < -0.3 is 10.1 Å². The average Bonchev–Trinajstić information content (AvgIpc) is 2.30. The van der Waals surface area contributed by atoms with Crippen LogP contribution in [-0.2, 0) is 14.8 Å². The summed E-state index contributed by atoms with van der Waals surface area (Å²) in [5.41, 5.74) is -0.318. The maximum Gasteiger partial charge on any atom is 0.215 e. The SMILES string of the molecule is CC1(NS(=O)(=O)C2CCNCC2)CCOCC1. The molecular weight excluding hydrogens is 240 g/mol. The molecule has 2 N–H and O–H groups in total. The van der Waals surface area contributed by atoms with Crippen LogP contribution >= 0.6 is 0 Å². The first-order valence-electron chi connectivity index (χ1n) is 6.33. The van der Waals surface area contributed by atoms with E-state index >= 15 is 0 Å². The minimum Gasteiger partial charge on any atom is -0.381 e. The van der Waals surface area contributed by atoms with Crippen LogP contribution in [0.3, 0.4) is 0 Å². The minimum atomic E-state index is -3.19. The summed E-state index contributed by atoms with van der Waals surface area (Å²) in [7, 11) is -3.19. The smallest absolute Gasteiger partial charge is 0.215 e. The maximum absolute atomic E-state index is 12.3. The van der Waals surface area contributed by atoms with E-state index in [1.54, 1.807) is 0 Å². The van der Waals surface area contributed by atoms with E-state index in [2.05, 4.69) is 10.0 Å². The molecule has 5 nitrogen and oxygen atoms in total. The third kappa shape index (κ3) is 3.40. The van der Waals surface area contributed by atoms with Crippen molar-refractivity contribution in [2.24, 2.45) is 0 Å². The summed E-state index contributed by atoms with van der Waals surface area (Å²) in [5.74, 6) is 0. The van der Waals surface area contributed by atoms with E-state index < -0.39 is 10.0 Å². The Morgan fingerprint density at radius 2 is 1.82 bits per heavy atom. The molecule has 0 amide bonds. The third-order valence-electron chi connectivity index (χ3n) is 3.71. The lowest BCUT2D eigenvalue weighted by molar-refractivity contribution is 0.0536. The fourth-order valence-corrected chi connectivity index (χ4v) is 4.37. The molecule has 0 aromatic heterocycles. The molecule has 2 aliphatic heterocycles. The Bertz CT molecular complexity index is 344. The van der Waals surface area contributed by atoms with Crippen LogP contribution in [0.5, 0.6) is 0 Å². The van der Waals surface area contributed by atoms with E-state index in [1.165, 1.54) is 0 Å². The lowest BCUT2D eigenvalue weighted by Crippen LogP contribution is -2.53. The number of hydrogen-bond acceptors (Lipinski definition) is 4. The molecule has 0 bridgehead atoms. The molecule has 2 saturated heterocycles. The molecule has 0 aromatic rings. The molecule has 0 aliphatic carbocycles. The van der Waals surface area contributed by atoms with Crippen molar-refractivity contribution < 1.29 is 13.2 Å². The minimum absolute atomic E-state index is 0.233. The predicted octanol–water partition coefficient (Wildman–Crippen LogP) is 0.227. The Labute approximate surface area is 103 Å². The molecule has 2 heterocycles. The van der Waals surface area contributed by atoms with Gasteiger partial charge in [0.15, 0.2) is 0 Å². The maximum atomic E-state index is 12.3. The summed E-state index contributed by atoms with van der Waals surface area (Å²) in [6.45, 7) is 4.86.